The maximum absolute atomic E-state index is 4.87. The molecule has 0 fully saturated rings. The molecular formula is C35H35N5S. The van der Waals surface area contributed by atoms with Gasteiger partial charge in [-0.25, -0.2) is 4.98 Å². The van der Waals surface area contributed by atoms with E-state index >= 15 is 0 Å². The van der Waals surface area contributed by atoms with E-state index in [2.05, 4.69) is 112 Å². The Morgan fingerprint density at radius 3 is 2.44 bits per heavy atom. The van der Waals surface area contributed by atoms with Gasteiger partial charge in [-0.05, 0) is 60.7 Å². The quantitative estimate of drug-likeness (QED) is 0.198. The number of nitrogens with zero attached hydrogens (tertiary/aromatic N) is 2. The van der Waals surface area contributed by atoms with E-state index in [0.29, 0.717) is 11.8 Å². The highest BCUT2D eigenvalue weighted by Crippen LogP contribution is 2.46. The zero-order valence-electron chi connectivity index (χ0n) is 24.4. The van der Waals surface area contributed by atoms with Gasteiger partial charge >= 0.3 is 0 Å². The lowest BCUT2D eigenvalue weighted by molar-refractivity contribution is 0.772. The van der Waals surface area contributed by atoms with Crippen molar-refractivity contribution in [2.24, 2.45) is 10.9 Å². The molecule has 2 aromatic heterocycles. The molecule has 5 nitrogen and oxygen atoms in total. The second-order valence-electron chi connectivity index (χ2n) is 11.7. The van der Waals surface area contributed by atoms with Crippen molar-refractivity contribution < 1.29 is 0 Å². The summed E-state index contributed by atoms with van der Waals surface area (Å²) in [6.07, 6.45) is 4.14. The Morgan fingerprint density at radius 1 is 0.927 bits per heavy atom. The smallest absolute Gasteiger partial charge is 0.109 e. The zero-order valence-corrected chi connectivity index (χ0v) is 25.3. The number of fused-ring (bicyclic) bond motifs is 7. The molecule has 206 valence electrons. The molecule has 0 aliphatic carbocycles. The largest absolute Gasteiger partial charge is 0.378 e. The molecule has 3 heterocycles. The van der Waals surface area contributed by atoms with Gasteiger partial charge in [-0.15, -0.1) is 11.3 Å². The van der Waals surface area contributed by atoms with Crippen LogP contribution in [0.25, 0.3) is 53.1 Å². The van der Waals surface area contributed by atoms with E-state index in [4.69, 9.17) is 9.98 Å². The van der Waals surface area contributed by atoms with E-state index in [0.717, 1.165) is 45.9 Å². The van der Waals surface area contributed by atoms with Gasteiger partial charge in [0, 0.05) is 48.8 Å². The van der Waals surface area contributed by atoms with E-state index in [9.17, 15) is 0 Å². The number of benzene rings is 4. The lowest BCUT2D eigenvalue weighted by Gasteiger charge is -2.24. The van der Waals surface area contributed by atoms with Crippen LogP contribution >= 0.6 is 11.3 Å². The Hall–Kier alpha value is -4.16. The molecule has 3 N–H and O–H groups in total. The number of aliphatic imine (C=N–C) groups is 1. The van der Waals surface area contributed by atoms with E-state index < -0.39 is 0 Å². The van der Waals surface area contributed by atoms with Crippen molar-refractivity contribution in [3.05, 3.63) is 71.7 Å². The van der Waals surface area contributed by atoms with Crippen LogP contribution in [0, 0.1) is 12.8 Å². The number of anilines is 2. The second-order valence-corrected chi connectivity index (χ2v) is 12.7. The second kappa shape index (κ2) is 9.74. The molecule has 0 saturated carbocycles. The number of hydrogen-bond donors (Lipinski definition) is 3. The summed E-state index contributed by atoms with van der Waals surface area (Å²) in [7, 11) is 0. The molecule has 1 aliphatic rings. The summed E-state index contributed by atoms with van der Waals surface area (Å²) in [5.74, 6) is 1.83. The topological polar surface area (TPSA) is 65.1 Å². The monoisotopic (exact) mass is 557 g/mol. The minimum absolute atomic E-state index is 0.380. The molecule has 1 aliphatic heterocycles. The van der Waals surface area contributed by atoms with Crippen LogP contribution in [-0.2, 0) is 0 Å². The fourth-order valence-corrected chi connectivity index (χ4v) is 7.18. The molecule has 41 heavy (non-hydrogen) atoms. The molecule has 6 aromatic rings. The maximum Gasteiger partial charge on any atom is 0.109 e. The summed E-state index contributed by atoms with van der Waals surface area (Å²) < 4.78 is 2.56. The number of nitrogens with one attached hydrogen (secondary N) is 3. The molecule has 0 amide bonds. The molecule has 0 atom stereocenters. The fourth-order valence-electron chi connectivity index (χ4n) is 6.02. The molecule has 7 rings (SSSR count). The SMILES string of the molecule is C/C=C(\Nc1c(C)c2c(c3cc(-c4ccc5c(c4)sc4cc6nc(C(C)C)[nH]c6cc45)ccc13)N=CCN2)C(C)C. The van der Waals surface area contributed by atoms with Crippen LogP contribution in [0.5, 0.6) is 0 Å². The normalized spacial score (nSPS) is 13.7. The Labute approximate surface area is 244 Å². The highest BCUT2D eigenvalue weighted by Gasteiger charge is 2.20. The zero-order chi connectivity index (χ0) is 28.4. The summed E-state index contributed by atoms with van der Waals surface area (Å²) in [6.45, 7) is 13.8. The first-order valence-corrected chi connectivity index (χ1v) is 15.3. The van der Waals surface area contributed by atoms with Gasteiger partial charge in [0.15, 0.2) is 0 Å². The van der Waals surface area contributed by atoms with Crippen molar-refractivity contribution in [2.45, 2.75) is 47.5 Å². The average Bonchev–Trinajstić information content (AvgIpc) is 3.56. The molecule has 0 saturated heterocycles. The van der Waals surface area contributed by atoms with Gasteiger partial charge in [-0.1, -0.05) is 58.0 Å². The van der Waals surface area contributed by atoms with Crippen LogP contribution in [0.2, 0.25) is 0 Å². The number of hydrogen-bond acceptors (Lipinski definition) is 5. The van der Waals surface area contributed by atoms with Crippen LogP contribution in [0.3, 0.4) is 0 Å². The Balaban J connectivity index is 1.37. The molecule has 0 spiro atoms. The molecule has 0 unspecified atom stereocenters. The summed E-state index contributed by atoms with van der Waals surface area (Å²) in [6, 6.07) is 18.2. The molecule has 0 bridgehead atoms. The van der Waals surface area contributed by atoms with E-state index in [1.807, 2.05) is 17.6 Å². The van der Waals surface area contributed by atoms with Crippen molar-refractivity contribution in [2.75, 3.05) is 17.2 Å². The number of rotatable bonds is 5. The van der Waals surface area contributed by atoms with Crippen LogP contribution < -0.4 is 10.6 Å². The van der Waals surface area contributed by atoms with Crippen LogP contribution in [0.15, 0.2) is 65.3 Å². The summed E-state index contributed by atoms with van der Waals surface area (Å²) >= 11 is 1.84. The first kappa shape index (κ1) is 25.8. The maximum atomic E-state index is 4.87. The lowest BCUT2D eigenvalue weighted by Crippen LogP contribution is -2.12. The van der Waals surface area contributed by atoms with Crippen molar-refractivity contribution in [1.82, 2.24) is 9.97 Å². The number of aromatic nitrogens is 2. The van der Waals surface area contributed by atoms with Crippen molar-refractivity contribution in [3.8, 4) is 11.1 Å². The third-order valence-electron chi connectivity index (χ3n) is 8.30. The summed E-state index contributed by atoms with van der Waals surface area (Å²) in [5.41, 5.74) is 10.3. The van der Waals surface area contributed by atoms with Gasteiger partial charge in [0.1, 0.15) is 5.82 Å². The van der Waals surface area contributed by atoms with Crippen molar-refractivity contribution >= 4 is 76.6 Å². The highest BCUT2D eigenvalue weighted by molar-refractivity contribution is 7.25. The number of thiophene rings is 1. The van der Waals surface area contributed by atoms with Gasteiger partial charge in [0.2, 0.25) is 0 Å². The van der Waals surface area contributed by atoms with Crippen LogP contribution in [0.1, 0.15) is 51.9 Å². The van der Waals surface area contributed by atoms with E-state index in [1.165, 1.54) is 47.9 Å². The number of aromatic amines is 1. The van der Waals surface area contributed by atoms with Gasteiger partial charge in [0.05, 0.1) is 34.6 Å². The van der Waals surface area contributed by atoms with E-state index in [1.54, 1.807) is 0 Å². The molecule has 0 radical (unpaired) electrons. The van der Waals surface area contributed by atoms with Gasteiger partial charge in [-0.3, -0.25) is 4.99 Å². The van der Waals surface area contributed by atoms with Crippen molar-refractivity contribution in [3.63, 3.8) is 0 Å². The summed E-state index contributed by atoms with van der Waals surface area (Å²) in [4.78, 5) is 13.2. The Morgan fingerprint density at radius 2 is 1.68 bits per heavy atom. The van der Waals surface area contributed by atoms with Gasteiger partial charge in [-0.2, -0.15) is 0 Å². The van der Waals surface area contributed by atoms with Gasteiger partial charge < -0.3 is 15.6 Å². The fraction of sp³-hybridized carbons (Fsp3) is 0.257. The standard InChI is InChI=1S/C35H35N5S/c1-7-27(18(2)3)38-32-20(6)33-34(37-13-12-36-33)26-14-21(9-11-24(26)32)22-8-10-23-25-16-28-29(40-35(39-28)19(4)5)17-31(25)41-30(23)15-22/h7-11,13-19,36,38H,12H2,1-6H3,(H,39,40)/b27-7-. The molecular weight excluding hydrogens is 522 g/mol. The minimum Gasteiger partial charge on any atom is -0.378 e. The third kappa shape index (κ3) is 4.20. The minimum atomic E-state index is 0.380. The average molecular weight is 558 g/mol. The van der Waals surface area contributed by atoms with Gasteiger partial charge in [0.25, 0.3) is 0 Å². The van der Waals surface area contributed by atoms with E-state index in [-0.39, 0.29) is 0 Å². The Kier molecular flexibility index (Phi) is 6.12. The van der Waals surface area contributed by atoms with Crippen molar-refractivity contribution in [1.29, 1.82) is 0 Å². The Bertz CT molecular complexity index is 2050. The van der Waals surface area contributed by atoms with Crippen LogP contribution in [0.4, 0.5) is 17.1 Å². The first-order chi connectivity index (χ1) is 19.8. The van der Waals surface area contributed by atoms with Crippen LogP contribution in [-0.4, -0.2) is 22.7 Å². The number of imidazole rings is 1. The first-order valence-electron chi connectivity index (χ1n) is 14.5. The predicted octanol–water partition coefficient (Wildman–Crippen LogP) is 10.3. The highest BCUT2D eigenvalue weighted by atomic mass is 32.1. The lowest BCUT2D eigenvalue weighted by atomic mass is 9.94. The predicted molar refractivity (Wildman–Crippen MR) is 180 cm³/mol. The molecule has 4 aromatic carbocycles. The summed E-state index contributed by atoms with van der Waals surface area (Å²) in [5, 5.41) is 12.3. The molecule has 6 heteroatoms. The third-order valence-corrected chi connectivity index (χ3v) is 9.41. The number of allylic oxidation sites excluding steroid dienone is 2. The number of H-pyrrole nitrogens is 1.